The first-order valence-electron chi connectivity index (χ1n) is 24.2. The maximum Gasteiger partial charge on any atom is 0.243 e. The number of amides is 7. The third-order valence-corrected chi connectivity index (χ3v) is 14.5. The van der Waals surface area contributed by atoms with Crippen molar-refractivity contribution in [3.63, 3.8) is 0 Å². The van der Waals surface area contributed by atoms with Crippen LogP contribution in [0.5, 0.6) is 0 Å². The predicted octanol–water partition coefficient (Wildman–Crippen LogP) is 2.15. The molecule has 71 heavy (non-hydrogen) atoms. The van der Waals surface area contributed by atoms with Crippen molar-refractivity contribution < 1.29 is 43.2 Å². The van der Waals surface area contributed by atoms with Crippen LogP contribution in [0.1, 0.15) is 95.9 Å². The molecule has 1 aromatic carbocycles. The van der Waals surface area contributed by atoms with E-state index in [1.165, 1.54) is 28.0 Å². The average Bonchev–Trinajstić information content (AvgIpc) is 4.03. The SMILES string of the molecule is CC(C)CNC(=O)[C@@H](CCCN=C(N)N)NC(=O)[C@@H]1CCCN1C(=O)[C@@H]1CSCCCC(=O)C[C@@H](Cc2ccc(Cl)cc2)C(=O)N[C@@H](Cc2cccs2)C(=O)N[C@@H](C(C)C)C(=O)N[C@@H](CC(N)=O)C(=O)C1. The predicted molar refractivity (Wildman–Crippen MR) is 275 cm³/mol. The van der Waals surface area contributed by atoms with E-state index in [-0.39, 0.29) is 75.0 Å². The van der Waals surface area contributed by atoms with E-state index >= 15 is 0 Å². The van der Waals surface area contributed by atoms with Crippen molar-refractivity contribution in [1.29, 1.82) is 0 Å². The van der Waals surface area contributed by atoms with Gasteiger partial charge in [0.2, 0.25) is 41.4 Å². The van der Waals surface area contributed by atoms with Crippen LogP contribution in [0.15, 0.2) is 46.8 Å². The van der Waals surface area contributed by atoms with Crippen LogP contribution in [0.4, 0.5) is 0 Å². The lowest BCUT2D eigenvalue weighted by Crippen LogP contribution is -2.58. The molecule has 0 aliphatic carbocycles. The first kappa shape index (κ1) is 58.0. The molecule has 3 heterocycles. The van der Waals surface area contributed by atoms with Crippen molar-refractivity contribution in [2.45, 2.75) is 129 Å². The van der Waals surface area contributed by atoms with Gasteiger partial charge in [-0.2, -0.15) is 11.8 Å². The molecule has 19 nitrogen and oxygen atoms in total. The van der Waals surface area contributed by atoms with E-state index in [0.717, 1.165) is 10.4 Å². The Bertz CT molecular complexity index is 2190. The van der Waals surface area contributed by atoms with Crippen molar-refractivity contribution in [2.24, 2.45) is 45.9 Å². The number of nitrogens with zero attached hydrogens (tertiary/aromatic N) is 2. The Hall–Kier alpha value is -5.54. The third kappa shape index (κ3) is 19.5. The summed E-state index contributed by atoms with van der Waals surface area (Å²) < 4.78 is 0. The molecule has 11 N–H and O–H groups in total. The van der Waals surface area contributed by atoms with Crippen LogP contribution in [-0.2, 0) is 56.0 Å². The number of nitrogens with two attached hydrogens (primary N) is 3. The molecule has 1 aromatic heterocycles. The number of benzene rings is 1. The Morgan fingerprint density at radius 1 is 0.887 bits per heavy atom. The van der Waals surface area contributed by atoms with Crippen LogP contribution in [0.3, 0.4) is 0 Å². The highest BCUT2D eigenvalue weighted by molar-refractivity contribution is 7.99. The molecule has 2 saturated heterocycles. The van der Waals surface area contributed by atoms with E-state index in [1.807, 2.05) is 25.3 Å². The molecular formula is C49H71ClN10O9S2. The zero-order valence-electron chi connectivity index (χ0n) is 41.0. The quantitative estimate of drug-likeness (QED) is 0.0643. The van der Waals surface area contributed by atoms with Crippen molar-refractivity contribution in [2.75, 3.05) is 31.1 Å². The number of carbonyl (C=O) groups is 9. The first-order valence-corrected chi connectivity index (χ1v) is 26.7. The van der Waals surface area contributed by atoms with E-state index in [1.54, 1.807) is 44.2 Å². The number of thiophene rings is 1. The number of aliphatic imine (C=N–C) groups is 1. The van der Waals surface area contributed by atoms with Crippen molar-refractivity contribution >= 4 is 93.6 Å². The van der Waals surface area contributed by atoms with E-state index < -0.39 is 108 Å². The second kappa shape index (κ2) is 29.1. The van der Waals surface area contributed by atoms with Gasteiger partial charge in [-0.05, 0) is 85.3 Å². The number of thioether (sulfide) groups is 1. The molecule has 0 radical (unpaired) electrons. The molecule has 2 aliphatic rings. The maximum absolute atomic E-state index is 14.7. The lowest BCUT2D eigenvalue weighted by atomic mass is 9.91. The Balaban J connectivity index is 1.65. The fourth-order valence-corrected chi connectivity index (χ4v) is 10.3. The van der Waals surface area contributed by atoms with E-state index in [9.17, 15) is 43.2 Å². The summed E-state index contributed by atoms with van der Waals surface area (Å²) in [7, 11) is 0. The highest BCUT2D eigenvalue weighted by atomic mass is 35.5. The number of guanidine groups is 1. The smallest absolute Gasteiger partial charge is 0.243 e. The van der Waals surface area contributed by atoms with Gasteiger partial charge in [0.15, 0.2) is 11.7 Å². The number of hydrogen-bond acceptors (Lipinski definition) is 12. The minimum absolute atomic E-state index is 0.0732. The number of carbonyl (C=O) groups excluding carboxylic acids is 9. The molecule has 4 rings (SSSR count). The van der Waals surface area contributed by atoms with Gasteiger partial charge >= 0.3 is 0 Å². The lowest BCUT2D eigenvalue weighted by Gasteiger charge is -2.30. The molecule has 7 amide bonds. The summed E-state index contributed by atoms with van der Waals surface area (Å²) in [6.45, 7) is 8.01. The molecule has 7 atom stereocenters. The first-order chi connectivity index (χ1) is 33.7. The van der Waals surface area contributed by atoms with Gasteiger partial charge < -0.3 is 48.7 Å². The molecule has 22 heteroatoms. The second-order valence-electron chi connectivity index (χ2n) is 19.0. The molecule has 2 fully saturated rings. The van der Waals surface area contributed by atoms with Gasteiger partial charge in [-0.25, -0.2) is 0 Å². The Morgan fingerprint density at radius 3 is 2.25 bits per heavy atom. The van der Waals surface area contributed by atoms with Crippen LogP contribution in [-0.4, -0.2) is 125 Å². The van der Waals surface area contributed by atoms with E-state index in [4.69, 9.17) is 28.8 Å². The summed E-state index contributed by atoms with van der Waals surface area (Å²) in [5.74, 6) is -7.24. The minimum atomic E-state index is -1.49. The van der Waals surface area contributed by atoms with Gasteiger partial charge in [-0.15, -0.1) is 11.3 Å². The molecule has 0 unspecified atom stereocenters. The van der Waals surface area contributed by atoms with Gasteiger partial charge in [0.1, 0.15) is 30.0 Å². The number of ketones is 2. The zero-order valence-corrected chi connectivity index (χ0v) is 43.4. The summed E-state index contributed by atoms with van der Waals surface area (Å²) in [4.78, 5) is 131. The Labute approximate surface area is 429 Å². The van der Waals surface area contributed by atoms with Crippen molar-refractivity contribution in [3.8, 4) is 0 Å². The summed E-state index contributed by atoms with van der Waals surface area (Å²) in [6, 6.07) is 4.68. The molecule has 0 bridgehead atoms. The molecule has 0 spiro atoms. The molecule has 390 valence electrons. The van der Waals surface area contributed by atoms with Gasteiger partial charge in [-0.3, -0.25) is 48.1 Å². The maximum atomic E-state index is 14.7. The number of primary amides is 1. The summed E-state index contributed by atoms with van der Waals surface area (Å²) >= 11 is 8.85. The molecule has 0 saturated carbocycles. The number of Topliss-reactive ketones (excluding diaryl/α,β-unsaturated/α-hetero) is 2. The van der Waals surface area contributed by atoms with E-state index in [0.29, 0.717) is 36.6 Å². The number of rotatable bonds is 17. The van der Waals surface area contributed by atoms with E-state index in [2.05, 4.69) is 31.6 Å². The van der Waals surface area contributed by atoms with Gasteiger partial charge in [0.05, 0.1) is 18.4 Å². The van der Waals surface area contributed by atoms with Gasteiger partial charge in [0, 0.05) is 66.9 Å². The topological polar surface area (TPSA) is 307 Å². The number of hydrogen-bond donors (Lipinski definition) is 8. The highest BCUT2D eigenvalue weighted by Gasteiger charge is 2.41. The average molecular weight is 1040 g/mol. The largest absolute Gasteiger partial charge is 0.370 e. The Kier molecular flexibility index (Phi) is 23.8. The van der Waals surface area contributed by atoms with Crippen LogP contribution in [0.2, 0.25) is 5.02 Å². The summed E-state index contributed by atoms with van der Waals surface area (Å²) in [5.41, 5.74) is 17.3. The summed E-state index contributed by atoms with van der Waals surface area (Å²) in [6.07, 6.45) is 0.872. The lowest BCUT2D eigenvalue weighted by molar-refractivity contribution is -0.143. The van der Waals surface area contributed by atoms with Crippen molar-refractivity contribution in [3.05, 3.63) is 57.2 Å². The van der Waals surface area contributed by atoms with Crippen LogP contribution in [0, 0.1) is 23.7 Å². The standard InChI is InChI=1S/C49H71ClN10O9S2/c1-28(2)26-55-44(65)36(11-5-17-54-49(52)53)56-46(67)39-12-6-18-60(39)48(69)32-23-40(62)37(25-41(51)63)57-47(68)42(29(3)4)59-45(66)38(24-35-10-8-20-71-35)58-43(64)31(21-30-13-15-33(50)16-14-30)22-34(61)9-7-19-70-27-32/h8,10,13-16,20,28-29,31-32,36-39,42H,5-7,9,11-12,17-19,21-27H2,1-4H3,(H2,51,63)(H,55,65)(H,56,67)(H,57,68)(H,58,64)(H,59,66)(H4,52,53,54)/t31-,32+,36-,37+,38+,39+,42+/m1/s1. The Morgan fingerprint density at radius 2 is 1.61 bits per heavy atom. The number of halogens is 1. The molecule has 2 aromatic rings. The van der Waals surface area contributed by atoms with Crippen molar-refractivity contribution in [1.82, 2.24) is 31.5 Å². The van der Waals surface area contributed by atoms with Gasteiger partial charge in [0.25, 0.3) is 0 Å². The third-order valence-electron chi connectivity index (χ3n) is 12.2. The molecule has 2 aliphatic heterocycles. The fraction of sp³-hybridized carbons (Fsp3) is 0.592. The second-order valence-corrected chi connectivity index (χ2v) is 21.6. The summed E-state index contributed by atoms with van der Waals surface area (Å²) in [5, 5.41) is 16.3. The van der Waals surface area contributed by atoms with Crippen LogP contribution < -0.4 is 43.8 Å². The van der Waals surface area contributed by atoms with Crippen LogP contribution >= 0.6 is 34.7 Å². The monoisotopic (exact) mass is 1040 g/mol. The zero-order chi connectivity index (χ0) is 52.2. The molecular weight excluding hydrogens is 972 g/mol. The van der Waals surface area contributed by atoms with Gasteiger partial charge in [-0.1, -0.05) is 57.5 Å². The number of likely N-dealkylation sites (tertiary alicyclic amines) is 1. The number of nitrogens with one attached hydrogen (secondary N) is 5. The fourth-order valence-electron chi connectivity index (χ4n) is 8.37. The minimum Gasteiger partial charge on any atom is -0.370 e. The normalized spacial score (nSPS) is 22.7. The highest BCUT2D eigenvalue weighted by Crippen LogP contribution is 2.26. The van der Waals surface area contributed by atoms with Crippen LogP contribution in [0.25, 0.3) is 0 Å².